The first kappa shape index (κ1) is 30.2. The van der Waals surface area contributed by atoms with E-state index in [4.69, 9.17) is 4.74 Å². The van der Waals surface area contributed by atoms with Gasteiger partial charge in [0.25, 0.3) is 0 Å². The molecule has 0 aromatic rings. The Hall–Kier alpha value is -0.790. The largest absolute Gasteiger partial charge is 0.403 e. The maximum absolute atomic E-state index is 14.5. The Bertz CT molecular complexity index is 747. The molecule has 0 bridgehead atoms. The Labute approximate surface area is 224 Å². The van der Waals surface area contributed by atoms with Gasteiger partial charge in [-0.25, -0.2) is 0 Å². The Morgan fingerprint density at radius 2 is 0.842 bits per heavy atom. The molecule has 0 atom stereocenters. The summed E-state index contributed by atoms with van der Waals surface area (Å²) in [5, 5.41) is 0. The summed E-state index contributed by atoms with van der Waals surface area (Å²) >= 11 is 0. The van der Waals surface area contributed by atoms with Gasteiger partial charge in [-0.3, -0.25) is 4.79 Å². The Morgan fingerprint density at radius 3 is 1.24 bits per heavy atom. The molecule has 4 aliphatic carbocycles. The number of rotatable bonds is 6. The van der Waals surface area contributed by atoms with E-state index in [2.05, 4.69) is 6.92 Å². The molecule has 0 N–H and O–H groups in total. The second-order valence-corrected chi connectivity index (χ2v) is 13.3. The fourth-order valence-electron chi connectivity index (χ4n) is 8.42. The van der Waals surface area contributed by atoms with Crippen molar-refractivity contribution in [1.29, 1.82) is 0 Å². The fraction of sp³-hybridized carbons (Fsp3) is 0.967. The Balaban J connectivity index is 1.32. The van der Waals surface area contributed by atoms with Gasteiger partial charge in [0.15, 0.2) is 5.41 Å². The molecule has 4 saturated carbocycles. The molecule has 4 rings (SSSR count). The van der Waals surface area contributed by atoms with Crippen molar-refractivity contribution in [2.75, 3.05) is 0 Å². The van der Waals surface area contributed by atoms with Gasteiger partial charge in [-0.2, -0.15) is 26.3 Å². The summed E-state index contributed by atoms with van der Waals surface area (Å²) < 4.78 is 93.1. The molecule has 0 aromatic heterocycles. The zero-order chi connectivity index (χ0) is 27.7. The van der Waals surface area contributed by atoms with E-state index in [9.17, 15) is 31.1 Å². The minimum atomic E-state index is -5.32. The highest BCUT2D eigenvalue weighted by Crippen LogP contribution is 2.65. The van der Waals surface area contributed by atoms with Crippen LogP contribution in [0, 0.1) is 40.9 Å². The standard InChI is InChI=1S/C30H46F6O2/c1-19-3-7-21(8-4-19)27(37)22-9-15-25(16-10-22)38-26-17-13-24(14-18-26)28(29(31,32)33,30(34,35)36)23-11-5-20(2)6-12-23/h19-26H,3-18H2,1-2H3. The Kier molecular flexibility index (Phi) is 9.51. The highest BCUT2D eigenvalue weighted by molar-refractivity contribution is 5.83. The van der Waals surface area contributed by atoms with Gasteiger partial charge in [0, 0.05) is 11.8 Å². The van der Waals surface area contributed by atoms with Crippen LogP contribution in [0.5, 0.6) is 0 Å². The number of Topliss-reactive ketones (excluding diaryl/α,β-unsaturated/α-hetero) is 1. The fourth-order valence-corrected chi connectivity index (χ4v) is 8.42. The van der Waals surface area contributed by atoms with Gasteiger partial charge >= 0.3 is 12.4 Å². The zero-order valence-electron chi connectivity index (χ0n) is 23.0. The molecule has 0 unspecified atom stereocenters. The second kappa shape index (κ2) is 12.0. The molecule has 8 heteroatoms. The van der Waals surface area contributed by atoms with Gasteiger partial charge in [-0.05, 0) is 101 Å². The number of carbonyl (C=O) groups is 1. The van der Waals surface area contributed by atoms with E-state index in [1.54, 1.807) is 0 Å². The number of ether oxygens (including phenoxy) is 1. The van der Waals surface area contributed by atoms with Crippen LogP contribution in [-0.2, 0) is 9.53 Å². The number of hydrogen-bond donors (Lipinski definition) is 0. The van der Waals surface area contributed by atoms with Crippen LogP contribution in [0.1, 0.15) is 117 Å². The normalized spacial score (nSPS) is 38.1. The van der Waals surface area contributed by atoms with Crippen molar-refractivity contribution in [2.45, 2.75) is 141 Å². The maximum atomic E-state index is 14.5. The first-order valence-electron chi connectivity index (χ1n) is 15.2. The number of alkyl halides is 6. The highest BCUT2D eigenvalue weighted by atomic mass is 19.4. The maximum Gasteiger partial charge on any atom is 0.403 e. The van der Waals surface area contributed by atoms with E-state index in [0.717, 1.165) is 51.4 Å². The van der Waals surface area contributed by atoms with Gasteiger partial charge in [-0.15, -0.1) is 0 Å². The van der Waals surface area contributed by atoms with Crippen molar-refractivity contribution in [1.82, 2.24) is 0 Å². The van der Waals surface area contributed by atoms with Crippen LogP contribution in [-0.4, -0.2) is 30.3 Å². The Morgan fingerprint density at radius 1 is 0.526 bits per heavy atom. The van der Waals surface area contributed by atoms with Crippen LogP contribution in [0.15, 0.2) is 0 Å². The summed E-state index contributed by atoms with van der Waals surface area (Å²) in [6.07, 6.45) is -2.70. The minimum Gasteiger partial charge on any atom is -0.375 e. The third-order valence-electron chi connectivity index (χ3n) is 10.8. The van der Waals surface area contributed by atoms with Gasteiger partial charge in [0.1, 0.15) is 5.78 Å². The lowest BCUT2D eigenvalue weighted by molar-refractivity contribution is -0.382. The number of carbonyl (C=O) groups excluding carboxylic acids is 1. The predicted molar refractivity (Wildman–Crippen MR) is 134 cm³/mol. The van der Waals surface area contributed by atoms with Crippen molar-refractivity contribution in [3.05, 3.63) is 0 Å². The van der Waals surface area contributed by atoms with Crippen molar-refractivity contribution >= 4 is 5.78 Å². The smallest absolute Gasteiger partial charge is 0.375 e. The lowest BCUT2D eigenvalue weighted by atomic mass is 9.57. The second-order valence-electron chi connectivity index (χ2n) is 13.3. The van der Waals surface area contributed by atoms with E-state index in [0.29, 0.717) is 24.5 Å². The topological polar surface area (TPSA) is 26.3 Å². The summed E-state index contributed by atoms with van der Waals surface area (Å²) in [6.45, 7) is 4.14. The molecule has 0 radical (unpaired) electrons. The zero-order valence-corrected chi connectivity index (χ0v) is 23.0. The van der Waals surface area contributed by atoms with Crippen LogP contribution in [0.4, 0.5) is 26.3 Å². The number of halogens is 6. The van der Waals surface area contributed by atoms with Crippen LogP contribution < -0.4 is 0 Å². The van der Waals surface area contributed by atoms with Crippen molar-refractivity contribution < 1.29 is 35.9 Å². The first-order valence-corrected chi connectivity index (χ1v) is 15.2. The van der Waals surface area contributed by atoms with E-state index in [1.807, 2.05) is 6.92 Å². The van der Waals surface area contributed by atoms with Gasteiger partial charge < -0.3 is 4.74 Å². The quantitative estimate of drug-likeness (QED) is 0.307. The molecule has 0 aromatic carbocycles. The monoisotopic (exact) mass is 552 g/mol. The first-order chi connectivity index (χ1) is 17.8. The summed E-state index contributed by atoms with van der Waals surface area (Å²) in [4.78, 5) is 13.0. The van der Waals surface area contributed by atoms with Crippen LogP contribution in [0.3, 0.4) is 0 Å². The van der Waals surface area contributed by atoms with Crippen LogP contribution >= 0.6 is 0 Å². The van der Waals surface area contributed by atoms with Gasteiger partial charge in [0.2, 0.25) is 0 Å². The number of ketones is 1. The highest BCUT2D eigenvalue weighted by Gasteiger charge is 2.76. The van der Waals surface area contributed by atoms with Gasteiger partial charge in [-0.1, -0.05) is 39.5 Å². The lowest BCUT2D eigenvalue weighted by Crippen LogP contribution is -2.60. The van der Waals surface area contributed by atoms with Crippen LogP contribution in [0.2, 0.25) is 0 Å². The molecule has 38 heavy (non-hydrogen) atoms. The summed E-state index contributed by atoms with van der Waals surface area (Å²) in [5.74, 6) is -1.34. The van der Waals surface area contributed by atoms with Crippen molar-refractivity contribution in [3.63, 3.8) is 0 Å². The van der Waals surface area contributed by atoms with Crippen molar-refractivity contribution in [2.24, 2.45) is 40.9 Å². The third kappa shape index (κ3) is 6.25. The molecule has 2 nitrogen and oxygen atoms in total. The molecule has 220 valence electrons. The van der Waals surface area contributed by atoms with E-state index >= 15 is 0 Å². The minimum absolute atomic E-state index is 0.0154. The molecule has 4 aliphatic rings. The van der Waals surface area contributed by atoms with Gasteiger partial charge in [0.05, 0.1) is 12.2 Å². The third-order valence-corrected chi connectivity index (χ3v) is 10.8. The average molecular weight is 553 g/mol. The van der Waals surface area contributed by atoms with Crippen LogP contribution in [0.25, 0.3) is 0 Å². The lowest BCUT2D eigenvalue weighted by Gasteiger charge is -2.51. The molecular formula is C30H46F6O2. The van der Waals surface area contributed by atoms with E-state index < -0.39 is 29.6 Å². The van der Waals surface area contributed by atoms with Crippen molar-refractivity contribution in [3.8, 4) is 0 Å². The molecule has 4 fully saturated rings. The molecular weight excluding hydrogens is 506 g/mol. The van der Waals surface area contributed by atoms with E-state index in [-0.39, 0.29) is 68.5 Å². The average Bonchev–Trinajstić information content (AvgIpc) is 2.85. The van der Waals surface area contributed by atoms with E-state index in [1.165, 1.54) is 0 Å². The summed E-state index contributed by atoms with van der Waals surface area (Å²) in [6, 6.07) is 0. The SMILES string of the molecule is CC1CCC(C(=O)C2CCC(OC3CCC(C(C4CCC(C)CC4)(C(F)(F)F)C(F)(F)F)CC3)CC2)CC1. The number of hydrogen-bond acceptors (Lipinski definition) is 2. The summed E-state index contributed by atoms with van der Waals surface area (Å²) in [5.41, 5.74) is -3.62. The molecule has 0 spiro atoms. The molecule has 0 heterocycles. The summed E-state index contributed by atoms with van der Waals surface area (Å²) in [7, 11) is 0. The predicted octanol–water partition coefficient (Wildman–Crippen LogP) is 9.45. The molecule has 0 amide bonds. The molecule has 0 aliphatic heterocycles. The molecule has 0 saturated heterocycles.